The van der Waals surface area contributed by atoms with Crippen molar-refractivity contribution in [2.45, 2.75) is 68.7 Å². The summed E-state index contributed by atoms with van der Waals surface area (Å²) in [5.74, 6) is -0.151. The van der Waals surface area contributed by atoms with Crippen molar-refractivity contribution >= 4 is 14.2 Å². The van der Waals surface area contributed by atoms with Gasteiger partial charge in [-0.1, -0.05) is 77.1 Å². The first-order chi connectivity index (χ1) is 20.2. The summed E-state index contributed by atoms with van der Waals surface area (Å²) in [7, 11) is 6.27. The number of benzene rings is 3. The van der Waals surface area contributed by atoms with E-state index >= 15 is 0 Å². The fraction of sp³-hybridized carbons (Fsp3) is 0.472. The van der Waals surface area contributed by atoms with Crippen LogP contribution in [0.25, 0.3) is 0 Å². The van der Waals surface area contributed by atoms with E-state index in [1.807, 2.05) is 12.1 Å². The maximum atomic E-state index is 10.7. The number of quaternary nitrogens is 1. The molecule has 5 nitrogen and oxygen atoms in total. The first kappa shape index (κ1) is 44.4. The number of carboxylic acids is 1. The maximum absolute atomic E-state index is 10.7. The number of carbonyl (C=O) groups is 1. The Kier molecular flexibility index (Phi) is 21.9. The van der Waals surface area contributed by atoms with Crippen molar-refractivity contribution in [1.82, 2.24) is 0 Å². The third-order valence-electron chi connectivity index (χ3n) is 6.97. The molecule has 0 amide bonds. The normalized spacial score (nSPS) is 11.2. The number of hydrogen-bond donors (Lipinski definition) is 0. The number of ether oxygens (including phenoxy) is 2. The van der Waals surface area contributed by atoms with Crippen molar-refractivity contribution in [3.05, 3.63) is 95.6 Å². The van der Waals surface area contributed by atoms with Crippen molar-refractivity contribution in [1.29, 1.82) is 0 Å². The van der Waals surface area contributed by atoms with Crippen molar-refractivity contribution in [3.8, 4) is 5.75 Å². The third kappa shape index (κ3) is 18.5. The van der Waals surface area contributed by atoms with Crippen LogP contribution in [0.5, 0.6) is 5.75 Å². The summed E-state index contributed by atoms with van der Waals surface area (Å²) in [6.45, 7) is 17.6. The zero-order valence-corrected chi connectivity index (χ0v) is 38.1. The van der Waals surface area contributed by atoms with E-state index in [1.54, 1.807) is 20.4 Å². The fourth-order valence-corrected chi connectivity index (χ4v) is 14.0. The van der Waals surface area contributed by atoms with Gasteiger partial charge in [-0.3, -0.25) is 0 Å². The van der Waals surface area contributed by atoms with Crippen LogP contribution in [0, 0.1) is 5.41 Å². The van der Waals surface area contributed by atoms with Gasteiger partial charge < -0.3 is 26.4 Å². The minimum atomic E-state index is -1.06. The van der Waals surface area contributed by atoms with Gasteiger partial charge in [-0.2, -0.15) is 0 Å². The number of hydrogen-bond acceptors (Lipinski definition) is 5. The SMILES string of the molecule is CC(C)(C)CC(C)(C)c1ccc(OCCOCC[N+](C)(C)Cc2ccccc2)cc1.C[CH2][Hg][S]c1ccccc1C(=O)[O-].[Cl-].[Na+]. The van der Waals surface area contributed by atoms with Crippen LogP contribution >= 0.6 is 8.24 Å². The van der Waals surface area contributed by atoms with E-state index < -0.39 is 29.0 Å². The molecular formula is C36H51ClHgNNaO4S. The van der Waals surface area contributed by atoms with Gasteiger partial charge in [0.15, 0.2) is 0 Å². The van der Waals surface area contributed by atoms with E-state index in [0.29, 0.717) is 24.2 Å². The number of halogens is 1. The monoisotopic (exact) mass is 853 g/mol. The minimum absolute atomic E-state index is 0. The molecule has 0 bridgehead atoms. The molecule has 0 saturated heterocycles. The molecule has 0 radical (unpaired) electrons. The van der Waals surface area contributed by atoms with Crippen molar-refractivity contribution < 1.29 is 88.9 Å². The van der Waals surface area contributed by atoms with Crippen molar-refractivity contribution in [3.63, 3.8) is 0 Å². The quantitative estimate of drug-likeness (QED) is 0.133. The Morgan fingerprint density at radius 2 is 1.47 bits per heavy atom. The maximum Gasteiger partial charge on any atom is 1.00 e. The van der Waals surface area contributed by atoms with E-state index in [-0.39, 0.29) is 47.4 Å². The molecule has 0 aliphatic carbocycles. The molecule has 0 heterocycles. The summed E-state index contributed by atoms with van der Waals surface area (Å²) in [6, 6.07) is 26.3. The van der Waals surface area contributed by atoms with E-state index in [2.05, 4.69) is 110 Å². The molecule has 0 saturated carbocycles. The largest absolute Gasteiger partial charge is 1.00 e. The van der Waals surface area contributed by atoms with E-state index in [1.165, 1.54) is 15.1 Å². The van der Waals surface area contributed by atoms with Crippen molar-refractivity contribution in [2.75, 3.05) is 40.5 Å². The average Bonchev–Trinajstić information content (AvgIpc) is 2.93. The van der Waals surface area contributed by atoms with Gasteiger partial charge in [0.2, 0.25) is 0 Å². The average molecular weight is 853 g/mol. The molecular weight excluding hydrogens is 801 g/mol. The van der Waals surface area contributed by atoms with Gasteiger partial charge in [0.05, 0.1) is 27.3 Å². The molecule has 240 valence electrons. The Hall–Kier alpha value is -0.575. The van der Waals surface area contributed by atoms with Crippen LogP contribution in [0.15, 0.2) is 83.8 Å². The molecule has 3 rings (SSSR count). The van der Waals surface area contributed by atoms with E-state index in [9.17, 15) is 9.90 Å². The van der Waals surface area contributed by atoms with Gasteiger partial charge in [-0.15, -0.1) is 0 Å². The summed E-state index contributed by atoms with van der Waals surface area (Å²) in [6.07, 6.45) is 1.15. The van der Waals surface area contributed by atoms with Gasteiger partial charge in [-0.05, 0) is 34.9 Å². The Balaban J connectivity index is 0.00000109. The summed E-state index contributed by atoms with van der Waals surface area (Å²) in [5, 5.41) is 10.7. The van der Waals surface area contributed by atoms with Crippen LogP contribution in [-0.4, -0.2) is 50.9 Å². The number of carbonyl (C=O) groups excluding carboxylic acids is 1. The molecule has 45 heavy (non-hydrogen) atoms. The van der Waals surface area contributed by atoms with Crippen LogP contribution in [0.2, 0.25) is 3.93 Å². The van der Waals surface area contributed by atoms with Gasteiger partial charge in [0, 0.05) is 5.56 Å². The Bertz CT molecular complexity index is 1240. The third-order valence-corrected chi connectivity index (χ3v) is 19.0. The molecule has 0 unspecified atom stereocenters. The molecule has 0 aromatic heterocycles. The summed E-state index contributed by atoms with van der Waals surface area (Å²) in [5.41, 5.74) is 3.54. The van der Waals surface area contributed by atoms with Crippen molar-refractivity contribution in [2.24, 2.45) is 5.41 Å². The molecule has 0 N–H and O–H groups in total. The second-order valence-corrected chi connectivity index (χ2v) is 26.7. The molecule has 3 aromatic carbocycles. The predicted octanol–water partition coefficient (Wildman–Crippen LogP) is 1.66. The number of rotatable bonds is 15. The van der Waals surface area contributed by atoms with Crippen LogP contribution < -0.4 is 51.8 Å². The molecule has 0 aliphatic heterocycles. The fourth-order valence-electron chi connectivity index (χ4n) is 5.19. The van der Waals surface area contributed by atoms with E-state index in [0.717, 1.165) is 41.2 Å². The number of nitrogens with zero attached hydrogens (tertiary/aromatic N) is 1. The Labute approximate surface area is 316 Å². The summed E-state index contributed by atoms with van der Waals surface area (Å²) < 4.78 is 13.9. The van der Waals surface area contributed by atoms with Crippen LogP contribution in [-0.2, 0) is 39.8 Å². The zero-order valence-electron chi connectivity index (χ0n) is 29.0. The Morgan fingerprint density at radius 1 is 0.867 bits per heavy atom. The van der Waals surface area contributed by atoms with Crippen LogP contribution in [0.3, 0.4) is 0 Å². The molecule has 0 atom stereocenters. The minimum Gasteiger partial charge on any atom is -1.00 e. The van der Waals surface area contributed by atoms with E-state index in [4.69, 9.17) is 9.47 Å². The second kappa shape index (κ2) is 22.1. The number of carboxylic acid groups (broad SMARTS) is 1. The van der Waals surface area contributed by atoms with Crippen LogP contribution in [0.4, 0.5) is 0 Å². The molecule has 0 fully saturated rings. The molecule has 3 aromatic rings. The molecule has 0 spiro atoms. The van der Waals surface area contributed by atoms with Gasteiger partial charge in [0.25, 0.3) is 0 Å². The summed E-state index contributed by atoms with van der Waals surface area (Å²) in [4.78, 5) is 11.6. The smallest absolute Gasteiger partial charge is 1.00 e. The topological polar surface area (TPSA) is 58.6 Å². The Morgan fingerprint density at radius 3 is 2.04 bits per heavy atom. The van der Waals surface area contributed by atoms with Crippen LogP contribution in [0.1, 0.15) is 69.4 Å². The molecule has 0 aliphatic rings. The molecule has 9 heteroatoms. The van der Waals surface area contributed by atoms with Gasteiger partial charge in [-0.25, -0.2) is 0 Å². The second-order valence-electron chi connectivity index (χ2n) is 13.5. The summed E-state index contributed by atoms with van der Waals surface area (Å²) >= 11 is -0.888. The zero-order chi connectivity index (χ0) is 31.9. The first-order valence-corrected chi connectivity index (χ1v) is 26.9. The first-order valence-electron chi connectivity index (χ1n) is 15.3. The van der Waals surface area contributed by atoms with Gasteiger partial charge in [0.1, 0.15) is 25.4 Å². The van der Waals surface area contributed by atoms with Gasteiger partial charge >= 0.3 is 122 Å². The standard InChI is InChI=1S/C27H42NO2.C7H6O2S.C2H5.ClH.Hg.Na/c1-26(2,3)22-27(4,5)24-13-15-25(16-14-24)30-20-19-29-18-17-28(6,7)21-23-11-9-8-10-12-23;8-7(9)5-3-1-2-4-6(5)10;1-2;;;/h8-16H,17-22H2,1-7H3;1-4,10H,(H,8,9);1H2,2H3;1H;;/q+1;;;;2*+1/p-3. The predicted molar refractivity (Wildman–Crippen MR) is 174 cm³/mol. The number of aromatic carboxylic acids is 1. The number of likely N-dealkylation sites (N-methyl/N-ethyl adjacent to an activating group) is 1.